The van der Waals surface area contributed by atoms with Crippen molar-refractivity contribution < 1.29 is 19.1 Å². The van der Waals surface area contributed by atoms with Crippen molar-refractivity contribution in [1.29, 1.82) is 0 Å². The van der Waals surface area contributed by atoms with Gasteiger partial charge in [-0.2, -0.15) is 0 Å². The number of carbonyl (C=O) groups excluding carboxylic acids is 3. The molecular weight excluding hydrogens is 368 g/mol. The molecule has 6 heteroatoms. The molecule has 0 atom stereocenters. The lowest BCUT2D eigenvalue weighted by Gasteiger charge is -2.17. The molecule has 0 aromatic heterocycles. The minimum Gasteiger partial charge on any atom is -0.494 e. The van der Waals surface area contributed by atoms with Gasteiger partial charge in [0.15, 0.2) is 5.78 Å². The third-order valence-corrected chi connectivity index (χ3v) is 4.54. The third-order valence-electron chi connectivity index (χ3n) is 4.54. The van der Waals surface area contributed by atoms with Crippen LogP contribution in [0.2, 0.25) is 0 Å². The summed E-state index contributed by atoms with van der Waals surface area (Å²) in [5, 5.41) is 2.87. The number of likely N-dealkylation sites (N-methyl/N-ethyl adjacent to an activating group) is 1. The molecule has 0 radical (unpaired) electrons. The Morgan fingerprint density at radius 2 is 1.72 bits per heavy atom. The molecule has 0 bridgehead atoms. The van der Waals surface area contributed by atoms with Crippen LogP contribution in [0.25, 0.3) is 0 Å². The van der Waals surface area contributed by atoms with E-state index in [9.17, 15) is 14.4 Å². The first kappa shape index (κ1) is 22.1. The number of ketones is 1. The second-order valence-electron chi connectivity index (χ2n) is 6.84. The average molecular weight is 396 g/mol. The van der Waals surface area contributed by atoms with Crippen LogP contribution < -0.4 is 10.1 Å². The number of rotatable bonds is 10. The Hall–Kier alpha value is -3.15. The largest absolute Gasteiger partial charge is 0.494 e. The van der Waals surface area contributed by atoms with E-state index < -0.39 is 0 Å². The second kappa shape index (κ2) is 11.0. The molecule has 0 saturated carbocycles. The normalized spacial score (nSPS) is 10.3. The number of amides is 2. The molecular formula is C23H28N2O4. The fraction of sp³-hybridized carbons (Fsp3) is 0.348. The zero-order valence-corrected chi connectivity index (χ0v) is 17.2. The summed E-state index contributed by atoms with van der Waals surface area (Å²) in [6.45, 7) is 3.93. The Bertz CT molecular complexity index is 846. The number of nitrogens with zero attached hydrogens (tertiary/aromatic N) is 1. The van der Waals surface area contributed by atoms with E-state index in [-0.39, 0.29) is 24.1 Å². The van der Waals surface area contributed by atoms with Crippen molar-refractivity contribution in [3.05, 3.63) is 59.7 Å². The summed E-state index contributed by atoms with van der Waals surface area (Å²) < 4.78 is 5.60. The number of aryl methyl sites for hydroxylation is 1. The predicted octanol–water partition coefficient (Wildman–Crippen LogP) is 3.71. The van der Waals surface area contributed by atoms with Gasteiger partial charge >= 0.3 is 0 Å². The highest BCUT2D eigenvalue weighted by atomic mass is 16.5. The quantitative estimate of drug-likeness (QED) is 0.491. The van der Waals surface area contributed by atoms with Crippen molar-refractivity contribution in [2.45, 2.75) is 33.1 Å². The van der Waals surface area contributed by atoms with Crippen LogP contribution in [-0.2, 0) is 16.0 Å². The van der Waals surface area contributed by atoms with Crippen LogP contribution in [0.3, 0.4) is 0 Å². The lowest BCUT2D eigenvalue weighted by atomic mass is 10.1. The summed E-state index contributed by atoms with van der Waals surface area (Å²) >= 11 is 0. The number of hydrogen-bond acceptors (Lipinski definition) is 4. The number of ether oxygens (including phenoxy) is 1. The Morgan fingerprint density at radius 3 is 2.38 bits per heavy atom. The lowest BCUT2D eigenvalue weighted by molar-refractivity contribution is -0.133. The monoisotopic (exact) mass is 396 g/mol. The number of nitrogens with one attached hydrogen (secondary N) is 1. The third kappa shape index (κ3) is 7.07. The number of benzene rings is 2. The van der Waals surface area contributed by atoms with Gasteiger partial charge < -0.3 is 15.0 Å². The fourth-order valence-electron chi connectivity index (χ4n) is 2.83. The van der Waals surface area contributed by atoms with Crippen LogP contribution in [0.5, 0.6) is 5.75 Å². The van der Waals surface area contributed by atoms with Gasteiger partial charge in [0.1, 0.15) is 5.75 Å². The Kier molecular flexibility index (Phi) is 8.40. The number of carbonyl (C=O) groups is 3. The summed E-state index contributed by atoms with van der Waals surface area (Å²) in [6, 6.07) is 14.5. The Balaban J connectivity index is 1.71. The molecule has 0 fully saturated rings. The summed E-state index contributed by atoms with van der Waals surface area (Å²) in [5.74, 6) is 0.334. The number of anilines is 1. The maximum absolute atomic E-state index is 12.2. The summed E-state index contributed by atoms with van der Waals surface area (Å²) in [6.07, 6.45) is 1.65. The summed E-state index contributed by atoms with van der Waals surface area (Å²) in [4.78, 5) is 37.1. The average Bonchev–Trinajstić information content (AvgIpc) is 2.71. The summed E-state index contributed by atoms with van der Waals surface area (Å²) in [5.41, 5.74) is 2.47. The molecule has 0 heterocycles. The molecule has 6 nitrogen and oxygen atoms in total. The van der Waals surface area contributed by atoms with Gasteiger partial charge in [-0.05, 0) is 55.7 Å². The molecule has 0 unspecified atom stereocenters. The SMILES string of the molecule is CCc1ccccc1NC(=O)CN(C)C(=O)CCCOc1ccc(C(C)=O)cc1. The van der Waals surface area contributed by atoms with E-state index in [1.165, 1.54) is 11.8 Å². The first-order valence-electron chi connectivity index (χ1n) is 9.76. The zero-order valence-electron chi connectivity index (χ0n) is 17.2. The number of Topliss-reactive ketones (excluding diaryl/α,β-unsaturated/α-hetero) is 1. The molecule has 2 aromatic carbocycles. The zero-order chi connectivity index (χ0) is 21.2. The van der Waals surface area contributed by atoms with Crippen LogP contribution in [0, 0.1) is 0 Å². The van der Waals surface area contributed by atoms with Crippen molar-refractivity contribution in [3.8, 4) is 5.75 Å². The van der Waals surface area contributed by atoms with E-state index in [1.807, 2.05) is 31.2 Å². The minimum atomic E-state index is -0.219. The van der Waals surface area contributed by atoms with Crippen LogP contribution >= 0.6 is 0 Å². The van der Waals surface area contributed by atoms with Crippen molar-refractivity contribution >= 4 is 23.3 Å². The van der Waals surface area contributed by atoms with E-state index in [2.05, 4.69) is 5.32 Å². The molecule has 154 valence electrons. The van der Waals surface area contributed by atoms with Gasteiger partial charge in [-0.1, -0.05) is 25.1 Å². The van der Waals surface area contributed by atoms with Crippen LogP contribution in [0.1, 0.15) is 42.6 Å². The van der Waals surface area contributed by atoms with Crippen molar-refractivity contribution in [2.75, 3.05) is 25.5 Å². The van der Waals surface area contributed by atoms with E-state index in [0.29, 0.717) is 30.8 Å². The summed E-state index contributed by atoms with van der Waals surface area (Å²) in [7, 11) is 1.62. The number of para-hydroxylation sites is 1. The van der Waals surface area contributed by atoms with Gasteiger partial charge in [-0.25, -0.2) is 0 Å². The van der Waals surface area contributed by atoms with Gasteiger partial charge in [-0.3, -0.25) is 14.4 Å². The van der Waals surface area contributed by atoms with E-state index >= 15 is 0 Å². The minimum absolute atomic E-state index is 0.00421. The maximum atomic E-state index is 12.2. The molecule has 2 rings (SSSR count). The van der Waals surface area contributed by atoms with Crippen LogP contribution in [-0.4, -0.2) is 42.7 Å². The van der Waals surface area contributed by atoms with Crippen molar-refractivity contribution in [3.63, 3.8) is 0 Å². The maximum Gasteiger partial charge on any atom is 0.243 e. The predicted molar refractivity (Wildman–Crippen MR) is 113 cm³/mol. The lowest BCUT2D eigenvalue weighted by Crippen LogP contribution is -2.35. The highest BCUT2D eigenvalue weighted by Crippen LogP contribution is 2.15. The molecule has 0 spiro atoms. The van der Waals surface area contributed by atoms with E-state index in [0.717, 1.165) is 17.7 Å². The first-order valence-corrected chi connectivity index (χ1v) is 9.76. The van der Waals surface area contributed by atoms with Gasteiger partial charge in [0, 0.05) is 24.7 Å². The van der Waals surface area contributed by atoms with Gasteiger partial charge in [0.2, 0.25) is 11.8 Å². The first-order chi connectivity index (χ1) is 13.9. The molecule has 29 heavy (non-hydrogen) atoms. The molecule has 0 aliphatic carbocycles. The molecule has 0 aliphatic heterocycles. The van der Waals surface area contributed by atoms with Crippen molar-refractivity contribution in [2.24, 2.45) is 0 Å². The molecule has 1 N–H and O–H groups in total. The Labute approximate surface area is 171 Å². The highest BCUT2D eigenvalue weighted by Gasteiger charge is 2.14. The van der Waals surface area contributed by atoms with E-state index in [4.69, 9.17) is 4.74 Å². The van der Waals surface area contributed by atoms with Crippen LogP contribution in [0.4, 0.5) is 5.69 Å². The number of hydrogen-bond donors (Lipinski definition) is 1. The van der Waals surface area contributed by atoms with E-state index in [1.54, 1.807) is 31.3 Å². The standard InChI is InChI=1S/C23H28N2O4/c1-4-18-8-5-6-9-21(18)24-22(27)16-25(3)23(28)10-7-15-29-20-13-11-19(12-14-20)17(2)26/h5-6,8-9,11-14H,4,7,10,15-16H2,1-3H3,(H,24,27). The second-order valence-corrected chi connectivity index (χ2v) is 6.84. The molecule has 2 aromatic rings. The van der Waals surface area contributed by atoms with Gasteiger partial charge in [-0.15, -0.1) is 0 Å². The van der Waals surface area contributed by atoms with Crippen LogP contribution in [0.15, 0.2) is 48.5 Å². The topological polar surface area (TPSA) is 75.7 Å². The molecule has 0 aliphatic rings. The fourth-order valence-corrected chi connectivity index (χ4v) is 2.83. The smallest absolute Gasteiger partial charge is 0.243 e. The Morgan fingerprint density at radius 1 is 1.03 bits per heavy atom. The van der Waals surface area contributed by atoms with Gasteiger partial charge in [0.05, 0.1) is 13.2 Å². The van der Waals surface area contributed by atoms with Gasteiger partial charge in [0.25, 0.3) is 0 Å². The highest BCUT2D eigenvalue weighted by molar-refractivity contribution is 5.95. The molecule has 2 amide bonds. The molecule has 0 saturated heterocycles. The van der Waals surface area contributed by atoms with Crippen molar-refractivity contribution in [1.82, 2.24) is 4.90 Å².